The van der Waals surface area contributed by atoms with E-state index in [1.807, 2.05) is 0 Å². The quantitative estimate of drug-likeness (QED) is 0.575. The maximum Gasteiger partial charge on any atom is 0.251 e. The summed E-state index contributed by atoms with van der Waals surface area (Å²) in [5.41, 5.74) is 0. The van der Waals surface area contributed by atoms with Crippen LogP contribution >= 0.6 is 0 Å². The Morgan fingerprint density at radius 3 is 2.44 bits per heavy atom. The maximum atomic E-state index is 11.5. The Morgan fingerprint density at radius 1 is 1.56 bits per heavy atom. The minimum absolute atomic E-state index is 0.197. The van der Waals surface area contributed by atoms with Gasteiger partial charge in [-0.25, -0.2) is 8.78 Å². The molecular weight excluding hydrogens is 128 g/mol. The van der Waals surface area contributed by atoms with Gasteiger partial charge in [-0.3, -0.25) is 4.90 Å². The number of rotatable bonds is 2. The maximum absolute atomic E-state index is 11.5. The molecule has 0 amide bonds. The van der Waals surface area contributed by atoms with Gasteiger partial charge in [-0.15, -0.1) is 0 Å². The van der Waals surface area contributed by atoms with Crippen molar-refractivity contribution in [1.29, 1.82) is 0 Å². The molecule has 0 aromatic rings. The number of hydrogen-bond acceptors (Lipinski definition) is 2. The number of aliphatic hydroxyl groups excluding tert-OH is 1. The van der Waals surface area contributed by atoms with Crippen LogP contribution in [0.15, 0.2) is 0 Å². The Kier molecular flexibility index (Phi) is 1.97. The largest absolute Gasteiger partial charge is 0.390 e. The summed E-state index contributed by atoms with van der Waals surface area (Å²) in [6.45, 7) is 0.617. The number of β-amino-alcohol motifs (C(OH)–C–C–N with tert-alkyl or cyclic N) is 1. The number of nitrogens with zero attached hydrogens (tertiary/aromatic N) is 1. The minimum Gasteiger partial charge on any atom is -0.390 e. The van der Waals surface area contributed by atoms with Crippen molar-refractivity contribution in [2.24, 2.45) is 0 Å². The Balaban J connectivity index is 2.04. The summed E-state index contributed by atoms with van der Waals surface area (Å²) in [7, 11) is 0. The molecule has 1 rings (SSSR count). The van der Waals surface area contributed by atoms with E-state index in [1.165, 1.54) is 4.90 Å². The van der Waals surface area contributed by atoms with Gasteiger partial charge in [-0.05, 0) is 0 Å². The Labute approximate surface area is 52.1 Å². The van der Waals surface area contributed by atoms with Crippen LogP contribution in [0.1, 0.15) is 0 Å². The van der Waals surface area contributed by atoms with Crippen LogP contribution in [0.5, 0.6) is 0 Å². The molecule has 1 aliphatic heterocycles. The van der Waals surface area contributed by atoms with Gasteiger partial charge in [0, 0.05) is 13.1 Å². The van der Waals surface area contributed by atoms with Crippen molar-refractivity contribution in [3.05, 3.63) is 0 Å². The third-order valence-electron chi connectivity index (χ3n) is 1.33. The van der Waals surface area contributed by atoms with E-state index in [4.69, 9.17) is 5.11 Å². The van der Waals surface area contributed by atoms with E-state index < -0.39 is 6.43 Å². The summed E-state index contributed by atoms with van der Waals surface area (Å²) < 4.78 is 23.0. The molecule has 54 valence electrons. The molecule has 0 unspecified atom stereocenters. The van der Waals surface area contributed by atoms with Crippen LogP contribution in [0.25, 0.3) is 0 Å². The molecule has 1 fully saturated rings. The first-order valence-corrected chi connectivity index (χ1v) is 2.87. The predicted molar refractivity (Wildman–Crippen MR) is 28.5 cm³/mol. The van der Waals surface area contributed by atoms with Gasteiger partial charge in [0.25, 0.3) is 6.43 Å². The molecule has 1 heterocycles. The summed E-state index contributed by atoms with van der Waals surface area (Å²) in [5.74, 6) is 0. The first-order chi connectivity index (χ1) is 4.18. The van der Waals surface area contributed by atoms with Gasteiger partial charge >= 0.3 is 0 Å². The summed E-state index contributed by atoms with van der Waals surface area (Å²) in [4.78, 5) is 1.52. The molecule has 0 aromatic carbocycles. The van der Waals surface area contributed by atoms with Gasteiger partial charge in [0.05, 0.1) is 12.6 Å². The molecule has 9 heavy (non-hydrogen) atoms. The summed E-state index contributed by atoms with van der Waals surface area (Å²) in [6, 6.07) is 0. The fourth-order valence-corrected chi connectivity index (χ4v) is 0.887. The highest BCUT2D eigenvalue weighted by molar-refractivity contribution is 4.78. The second-order valence-corrected chi connectivity index (χ2v) is 2.26. The van der Waals surface area contributed by atoms with Crippen LogP contribution in [0, 0.1) is 0 Å². The lowest BCUT2D eigenvalue weighted by atomic mass is 10.2. The number of halogens is 2. The highest BCUT2D eigenvalue weighted by Gasteiger charge is 2.26. The van der Waals surface area contributed by atoms with E-state index in [2.05, 4.69) is 0 Å². The predicted octanol–water partition coefficient (Wildman–Crippen LogP) is -0.0720. The lowest BCUT2D eigenvalue weighted by Gasteiger charge is -2.35. The van der Waals surface area contributed by atoms with Gasteiger partial charge < -0.3 is 5.11 Å². The Bertz CT molecular complexity index is 93.0. The van der Waals surface area contributed by atoms with E-state index in [9.17, 15) is 8.78 Å². The molecule has 1 N–H and O–H groups in total. The van der Waals surface area contributed by atoms with Crippen molar-refractivity contribution >= 4 is 0 Å². The standard InChI is InChI=1S/C5H9F2NO/c6-5(7)3-8-1-4(9)2-8/h4-5,9H,1-3H2. The fourth-order valence-electron chi connectivity index (χ4n) is 0.887. The van der Waals surface area contributed by atoms with Crippen molar-refractivity contribution in [1.82, 2.24) is 4.90 Å². The van der Waals surface area contributed by atoms with Crippen LogP contribution in [-0.4, -0.2) is 42.2 Å². The summed E-state index contributed by atoms with van der Waals surface area (Å²) >= 11 is 0. The molecule has 1 saturated heterocycles. The van der Waals surface area contributed by atoms with Crippen molar-refractivity contribution in [3.8, 4) is 0 Å². The first kappa shape index (κ1) is 6.89. The molecule has 0 aliphatic carbocycles. The van der Waals surface area contributed by atoms with Gasteiger partial charge in [0.1, 0.15) is 0 Å². The van der Waals surface area contributed by atoms with Crippen LogP contribution in [-0.2, 0) is 0 Å². The first-order valence-electron chi connectivity index (χ1n) is 2.87. The number of aliphatic hydroxyl groups is 1. The molecule has 0 atom stereocenters. The average molecular weight is 137 g/mol. The summed E-state index contributed by atoms with van der Waals surface area (Å²) in [6.07, 6.45) is -2.64. The van der Waals surface area contributed by atoms with Crippen LogP contribution in [0.3, 0.4) is 0 Å². The molecule has 0 aromatic heterocycles. The summed E-state index contributed by atoms with van der Waals surface area (Å²) in [5, 5.41) is 8.64. The molecule has 0 spiro atoms. The number of alkyl halides is 2. The Hall–Kier alpha value is -0.220. The highest BCUT2D eigenvalue weighted by Crippen LogP contribution is 2.08. The monoisotopic (exact) mass is 137 g/mol. The van der Waals surface area contributed by atoms with Crippen molar-refractivity contribution in [3.63, 3.8) is 0 Å². The van der Waals surface area contributed by atoms with E-state index in [0.717, 1.165) is 0 Å². The number of likely N-dealkylation sites (tertiary alicyclic amines) is 1. The lowest BCUT2D eigenvalue weighted by molar-refractivity contribution is -0.0290. The van der Waals surface area contributed by atoms with Crippen LogP contribution in [0.4, 0.5) is 8.78 Å². The van der Waals surface area contributed by atoms with Crippen molar-refractivity contribution in [2.45, 2.75) is 12.5 Å². The van der Waals surface area contributed by atoms with Gasteiger partial charge in [0.2, 0.25) is 0 Å². The minimum atomic E-state index is -2.27. The zero-order valence-corrected chi connectivity index (χ0v) is 4.93. The highest BCUT2D eigenvalue weighted by atomic mass is 19.3. The molecular formula is C5H9F2NO. The molecule has 1 aliphatic rings. The van der Waals surface area contributed by atoms with Gasteiger partial charge in [-0.2, -0.15) is 0 Å². The Morgan fingerprint density at radius 2 is 2.11 bits per heavy atom. The lowest BCUT2D eigenvalue weighted by Crippen LogP contribution is -2.52. The van der Waals surface area contributed by atoms with E-state index in [0.29, 0.717) is 13.1 Å². The topological polar surface area (TPSA) is 23.5 Å². The van der Waals surface area contributed by atoms with E-state index in [1.54, 1.807) is 0 Å². The molecule has 4 heteroatoms. The molecule has 0 saturated carbocycles. The van der Waals surface area contributed by atoms with Crippen LogP contribution in [0.2, 0.25) is 0 Å². The zero-order valence-electron chi connectivity index (χ0n) is 4.93. The SMILES string of the molecule is OC1CN(CC(F)F)C1. The van der Waals surface area contributed by atoms with E-state index in [-0.39, 0.29) is 12.6 Å². The fraction of sp³-hybridized carbons (Fsp3) is 1.00. The molecule has 2 nitrogen and oxygen atoms in total. The second kappa shape index (κ2) is 2.58. The van der Waals surface area contributed by atoms with Gasteiger partial charge in [-0.1, -0.05) is 0 Å². The second-order valence-electron chi connectivity index (χ2n) is 2.26. The zero-order chi connectivity index (χ0) is 6.85. The van der Waals surface area contributed by atoms with Crippen LogP contribution < -0.4 is 0 Å². The third-order valence-corrected chi connectivity index (χ3v) is 1.33. The molecule has 0 radical (unpaired) electrons. The van der Waals surface area contributed by atoms with Gasteiger partial charge in [0.15, 0.2) is 0 Å². The van der Waals surface area contributed by atoms with Crippen molar-refractivity contribution < 1.29 is 13.9 Å². The van der Waals surface area contributed by atoms with E-state index >= 15 is 0 Å². The van der Waals surface area contributed by atoms with Crippen molar-refractivity contribution in [2.75, 3.05) is 19.6 Å². The third kappa shape index (κ3) is 1.87. The average Bonchev–Trinajstić information content (AvgIpc) is 1.60. The number of hydrogen-bond donors (Lipinski definition) is 1. The molecule has 0 bridgehead atoms. The normalized spacial score (nSPS) is 22.7. The smallest absolute Gasteiger partial charge is 0.251 e.